The molecule has 172 valence electrons. The lowest BCUT2D eigenvalue weighted by Gasteiger charge is -2.19. The SMILES string of the molecule is CC(=O)Nc1cc2c(-c3cc(OCC(C)C)c(=O)n([C@@H](C)C(F)(F)F)n3)cn(C)c2cn1. The van der Waals surface area contributed by atoms with Gasteiger partial charge < -0.3 is 14.6 Å². The second-order valence-electron chi connectivity index (χ2n) is 7.99. The van der Waals surface area contributed by atoms with Crippen LogP contribution < -0.4 is 15.6 Å². The molecule has 0 aromatic carbocycles. The molecule has 1 N–H and O–H groups in total. The third kappa shape index (κ3) is 4.76. The molecule has 3 aromatic heterocycles. The number of aromatic nitrogens is 4. The summed E-state index contributed by atoms with van der Waals surface area (Å²) in [5, 5.41) is 7.21. The van der Waals surface area contributed by atoms with Crippen LogP contribution in [-0.2, 0) is 11.8 Å². The summed E-state index contributed by atoms with van der Waals surface area (Å²) in [6.07, 6.45) is -1.47. The highest BCUT2D eigenvalue weighted by Gasteiger charge is 2.39. The molecule has 0 radical (unpaired) electrons. The van der Waals surface area contributed by atoms with Crippen molar-refractivity contribution in [1.82, 2.24) is 19.3 Å². The van der Waals surface area contributed by atoms with E-state index >= 15 is 0 Å². The Morgan fingerprint density at radius 3 is 2.53 bits per heavy atom. The van der Waals surface area contributed by atoms with Gasteiger partial charge in [0.1, 0.15) is 11.9 Å². The van der Waals surface area contributed by atoms with Crippen LogP contribution in [0.25, 0.3) is 22.2 Å². The van der Waals surface area contributed by atoms with Crippen LogP contribution in [0.2, 0.25) is 0 Å². The van der Waals surface area contributed by atoms with E-state index in [-0.39, 0.29) is 35.7 Å². The molecule has 0 fully saturated rings. The minimum absolute atomic E-state index is 0.0587. The van der Waals surface area contributed by atoms with E-state index < -0.39 is 17.8 Å². The van der Waals surface area contributed by atoms with Gasteiger partial charge in [-0.05, 0) is 18.9 Å². The zero-order valence-corrected chi connectivity index (χ0v) is 18.3. The van der Waals surface area contributed by atoms with E-state index in [1.165, 1.54) is 19.2 Å². The van der Waals surface area contributed by atoms with Gasteiger partial charge in [-0.1, -0.05) is 13.8 Å². The van der Waals surface area contributed by atoms with Crippen molar-refractivity contribution in [3.8, 4) is 17.0 Å². The predicted octanol–water partition coefficient (Wildman–Crippen LogP) is 3.91. The highest BCUT2D eigenvalue weighted by atomic mass is 19.4. The first kappa shape index (κ1) is 23.3. The number of hydrogen-bond donors (Lipinski definition) is 1. The molecule has 3 heterocycles. The van der Waals surface area contributed by atoms with Gasteiger partial charge in [0.05, 0.1) is 24.0 Å². The fraction of sp³-hybridized carbons (Fsp3) is 0.429. The number of anilines is 1. The first-order valence-electron chi connectivity index (χ1n) is 9.95. The molecule has 3 rings (SSSR count). The molecular weight excluding hydrogens is 427 g/mol. The summed E-state index contributed by atoms with van der Waals surface area (Å²) in [7, 11) is 1.75. The van der Waals surface area contributed by atoms with Crippen molar-refractivity contribution in [1.29, 1.82) is 0 Å². The lowest BCUT2D eigenvalue weighted by Crippen LogP contribution is -2.35. The summed E-state index contributed by atoms with van der Waals surface area (Å²) in [6.45, 7) is 6.09. The second-order valence-corrected chi connectivity index (χ2v) is 7.99. The zero-order chi connectivity index (χ0) is 23.8. The number of rotatable bonds is 6. The van der Waals surface area contributed by atoms with Crippen molar-refractivity contribution in [2.45, 2.75) is 39.9 Å². The Labute approximate surface area is 182 Å². The maximum absolute atomic E-state index is 13.4. The van der Waals surface area contributed by atoms with Crippen molar-refractivity contribution < 1.29 is 22.7 Å². The molecule has 0 saturated heterocycles. The maximum atomic E-state index is 13.4. The van der Waals surface area contributed by atoms with E-state index in [1.807, 2.05) is 13.8 Å². The minimum Gasteiger partial charge on any atom is -0.488 e. The third-order valence-corrected chi connectivity index (χ3v) is 4.77. The molecular formula is C21H24F3N5O3. The number of aryl methyl sites for hydroxylation is 1. The van der Waals surface area contributed by atoms with Gasteiger partial charge in [0, 0.05) is 37.2 Å². The molecule has 32 heavy (non-hydrogen) atoms. The van der Waals surface area contributed by atoms with Crippen LogP contribution in [0.4, 0.5) is 19.0 Å². The van der Waals surface area contributed by atoms with Crippen molar-refractivity contribution in [2.24, 2.45) is 13.0 Å². The molecule has 8 nitrogen and oxygen atoms in total. The maximum Gasteiger partial charge on any atom is 0.410 e. The number of ether oxygens (including phenoxy) is 1. The number of carbonyl (C=O) groups is 1. The Kier molecular flexibility index (Phi) is 6.29. The number of halogens is 3. The van der Waals surface area contributed by atoms with Crippen molar-refractivity contribution in [3.05, 3.63) is 34.9 Å². The fourth-order valence-electron chi connectivity index (χ4n) is 3.11. The van der Waals surface area contributed by atoms with Gasteiger partial charge in [0.25, 0.3) is 0 Å². The number of nitrogens with one attached hydrogen (secondary N) is 1. The number of nitrogens with zero attached hydrogens (tertiary/aromatic N) is 4. The van der Waals surface area contributed by atoms with Crippen LogP contribution in [0.3, 0.4) is 0 Å². The normalized spacial score (nSPS) is 12.9. The number of carbonyl (C=O) groups excluding carboxylic acids is 1. The van der Waals surface area contributed by atoms with E-state index in [0.717, 1.165) is 6.92 Å². The summed E-state index contributed by atoms with van der Waals surface area (Å²) < 4.78 is 48.0. The van der Waals surface area contributed by atoms with E-state index in [9.17, 15) is 22.8 Å². The standard InChI is InChI=1S/C21H24F3N5O3/c1-11(2)10-32-18-7-16(27-29(20(18)31)12(3)21(22,23)24)15-9-28(5)17-8-25-19(6-14(15)17)26-13(4)30/h6-9,11-12H,10H2,1-5H3,(H,25,26,30)/t12-/m0/s1. The Hall–Kier alpha value is -3.37. The molecule has 0 bridgehead atoms. The molecule has 0 aliphatic rings. The van der Waals surface area contributed by atoms with E-state index in [1.54, 1.807) is 23.9 Å². The topological polar surface area (TPSA) is 91.0 Å². The largest absolute Gasteiger partial charge is 0.488 e. The molecule has 1 atom stereocenters. The highest BCUT2D eigenvalue weighted by molar-refractivity contribution is 5.98. The lowest BCUT2D eigenvalue weighted by atomic mass is 10.1. The van der Waals surface area contributed by atoms with Gasteiger partial charge in [-0.25, -0.2) is 9.67 Å². The van der Waals surface area contributed by atoms with Crippen molar-refractivity contribution in [3.63, 3.8) is 0 Å². The molecule has 3 aromatic rings. The minimum atomic E-state index is -4.67. The molecule has 0 aliphatic heterocycles. The van der Waals surface area contributed by atoms with Gasteiger partial charge in [-0.2, -0.15) is 18.3 Å². The summed E-state index contributed by atoms with van der Waals surface area (Å²) in [5.74, 6) is -0.189. The molecule has 0 unspecified atom stereocenters. The monoisotopic (exact) mass is 451 g/mol. The predicted molar refractivity (Wildman–Crippen MR) is 114 cm³/mol. The Morgan fingerprint density at radius 2 is 1.94 bits per heavy atom. The van der Waals surface area contributed by atoms with Gasteiger partial charge in [-0.15, -0.1) is 0 Å². The molecule has 1 amide bonds. The summed E-state index contributed by atoms with van der Waals surface area (Å²) in [5.41, 5.74) is 0.307. The molecule has 0 aliphatic carbocycles. The first-order chi connectivity index (χ1) is 14.9. The van der Waals surface area contributed by atoms with Gasteiger partial charge in [-0.3, -0.25) is 9.59 Å². The summed E-state index contributed by atoms with van der Waals surface area (Å²) in [4.78, 5) is 28.3. The molecule has 0 saturated carbocycles. The number of alkyl halides is 3. The Bertz CT molecular complexity index is 1210. The van der Waals surface area contributed by atoms with Gasteiger partial charge in [0.15, 0.2) is 5.75 Å². The van der Waals surface area contributed by atoms with E-state index in [0.29, 0.717) is 21.1 Å². The van der Waals surface area contributed by atoms with Crippen LogP contribution in [0.1, 0.15) is 33.7 Å². The number of pyridine rings is 1. The van der Waals surface area contributed by atoms with Crippen molar-refractivity contribution in [2.75, 3.05) is 11.9 Å². The van der Waals surface area contributed by atoms with E-state index in [4.69, 9.17) is 4.74 Å². The average molecular weight is 451 g/mol. The van der Waals surface area contributed by atoms with Crippen LogP contribution in [0, 0.1) is 5.92 Å². The van der Waals surface area contributed by atoms with Gasteiger partial charge >= 0.3 is 11.7 Å². The van der Waals surface area contributed by atoms with Crippen LogP contribution >= 0.6 is 0 Å². The highest BCUT2D eigenvalue weighted by Crippen LogP contribution is 2.33. The molecule has 0 spiro atoms. The number of hydrogen-bond acceptors (Lipinski definition) is 5. The van der Waals surface area contributed by atoms with E-state index in [2.05, 4.69) is 15.4 Å². The van der Waals surface area contributed by atoms with Crippen LogP contribution in [-0.4, -0.2) is 38.0 Å². The average Bonchev–Trinajstić information content (AvgIpc) is 3.01. The van der Waals surface area contributed by atoms with Gasteiger partial charge in [0.2, 0.25) is 5.91 Å². The third-order valence-electron chi connectivity index (χ3n) is 4.77. The zero-order valence-electron chi connectivity index (χ0n) is 18.3. The lowest BCUT2D eigenvalue weighted by molar-refractivity contribution is -0.166. The first-order valence-corrected chi connectivity index (χ1v) is 9.95. The molecule has 11 heteroatoms. The quantitative estimate of drug-likeness (QED) is 0.614. The summed E-state index contributed by atoms with van der Waals surface area (Å²) in [6, 6.07) is 0.797. The Morgan fingerprint density at radius 1 is 1.25 bits per heavy atom. The van der Waals surface area contributed by atoms with Crippen LogP contribution in [0.15, 0.2) is 29.3 Å². The Balaban J connectivity index is 2.24. The van der Waals surface area contributed by atoms with Crippen molar-refractivity contribution >= 4 is 22.6 Å². The number of amides is 1. The fourth-order valence-corrected chi connectivity index (χ4v) is 3.11. The second kappa shape index (κ2) is 8.64. The van der Waals surface area contributed by atoms with Crippen LogP contribution in [0.5, 0.6) is 5.75 Å². The summed E-state index contributed by atoms with van der Waals surface area (Å²) >= 11 is 0. The smallest absolute Gasteiger partial charge is 0.410 e. The number of fused-ring (bicyclic) bond motifs is 1.